The summed E-state index contributed by atoms with van der Waals surface area (Å²) >= 11 is 0. The van der Waals surface area contributed by atoms with E-state index in [2.05, 4.69) is 0 Å². The summed E-state index contributed by atoms with van der Waals surface area (Å²) in [5, 5.41) is 9.15. The minimum absolute atomic E-state index is 0.0324. The van der Waals surface area contributed by atoms with E-state index in [1.807, 2.05) is 0 Å². The first-order chi connectivity index (χ1) is 10.1. The fourth-order valence-corrected chi connectivity index (χ4v) is 2.61. The molecule has 0 saturated carbocycles. The van der Waals surface area contributed by atoms with E-state index in [9.17, 15) is 14.0 Å². The number of carbonyl (C=O) groups is 2. The highest BCUT2D eigenvalue weighted by atomic mass is 19.1. The van der Waals surface area contributed by atoms with Crippen molar-refractivity contribution in [3.05, 3.63) is 29.6 Å². The van der Waals surface area contributed by atoms with Crippen molar-refractivity contribution in [2.45, 2.75) is 18.6 Å². The molecule has 1 amide bonds. The van der Waals surface area contributed by atoms with Crippen molar-refractivity contribution in [2.24, 2.45) is 0 Å². The molecule has 2 heterocycles. The van der Waals surface area contributed by atoms with Gasteiger partial charge in [-0.15, -0.1) is 0 Å². The SMILES string of the molecule is O=C(O)[C@@H]1COCCN1C(=O)[C@H]1Cc2cc(F)ccc2O1. The largest absolute Gasteiger partial charge is 0.480 e. The Hall–Kier alpha value is -2.15. The molecule has 1 aromatic carbocycles. The highest BCUT2D eigenvalue weighted by Gasteiger charge is 2.39. The summed E-state index contributed by atoms with van der Waals surface area (Å²) in [6.45, 7) is 0.472. The van der Waals surface area contributed by atoms with Crippen LogP contribution in [-0.2, 0) is 20.7 Å². The Morgan fingerprint density at radius 1 is 1.38 bits per heavy atom. The lowest BCUT2D eigenvalue weighted by Crippen LogP contribution is -2.56. The average Bonchev–Trinajstić information content (AvgIpc) is 2.89. The zero-order valence-electron chi connectivity index (χ0n) is 11.1. The number of benzene rings is 1. The number of ether oxygens (including phenoxy) is 2. The van der Waals surface area contributed by atoms with Crippen LogP contribution >= 0.6 is 0 Å². The second kappa shape index (κ2) is 5.33. The molecule has 112 valence electrons. The number of halogens is 1. The van der Waals surface area contributed by atoms with Crippen LogP contribution < -0.4 is 4.74 Å². The van der Waals surface area contributed by atoms with Gasteiger partial charge >= 0.3 is 5.97 Å². The van der Waals surface area contributed by atoms with Crippen LogP contribution in [0.4, 0.5) is 4.39 Å². The quantitative estimate of drug-likeness (QED) is 0.857. The molecule has 1 N–H and O–H groups in total. The minimum Gasteiger partial charge on any atom is -0.480 e. The molecule has 3 rings (SSSR count). The van der Waals surface area contributed by atoms with Crippen molar-refractivity contribution in [2.75, 3.05) is 19.8 Å². The highest BCUT2D eigenvalue weighted by Crippen LogP contribution is 2.30. The van der Waals surface area contributed by atoms with E-state index in [0.717, 1.165) is 0 Å². The fraction of sp³-hybridized carbons (Fsp3) is 0.429. The van der Waals surface area contributed by atoms with Crippen LogP contribution in [0, 0.1) is 5.82 Å². The fourth-order valence-electron chi connectivity index (χ4n) is 2.61. The van der Waals surface area contributed by atoms with Crippen LogP contribution in [-0.4, -0.2) is 53.8 Å². The normalized spacial score (nSPS) is 24.3. The summed E-state index contributed by atoms with van der Waals surface area (Å²) in [7, 11) is 0. The molecule has 0 aromatic heterocycles. The first-order valence-electron chi connectivity index (χ1n) is 6.62. The van der Waals surface area contributed by atoms with Crippen LogP contribution in [0.25, 0.3) is 0 Å². The van der Waals surface area contributed by atoms with Gasteiger partial charge in [-0.05, 0) is 18.2 Å². The Balaban J connectivity index is 1.76. The van der Waals surface area contributed by atoms with Crippen LogP contribution in [0.1, 0.15) is 5.56 Å². The minimum atomic E-state index is -1.11. The Bertz CT molecular complexity index is 591. The molecule has 2 aliphatic rings. The number of amides is 1. The molecule has 2 aliphatic heterocycles. The molecular formula is C14H14FNO5. The molecule has 6 nitrogen and oxygen atoms in total. The molecule has 0 unspecified atom stereocenters. The second-order valence-corrected chi connectivity index (χ2v) is 5.02. The van der Waals surface area contributed by atoms with Crippen LogP contribution in [0.5, 0.6) is 5.75 Å². The van der Waals surface area contributed by atoms with E-state index in [-0.39, 0.29) is 25.4 Å². The van der Waals surface area contributed by atoms with Gasteiger partial charge in [0.1, 0.15) is 11.6 Å². The summed E-state index contributed by atoms with van der Waals surface area (Å²) in [6.07, 6.45) is -0.558. The third kappa shape index (κ3) is 2.56. The third-order valence-corrected chi connectivity index (χ3v) is 3.67. The number of carboxylic acid groups (broad SMARTS) is 1. The highest BCUT2D eigenvalue weighted by molar-refractivity contribution is 5.87. The zero-order valence-corrected chi connectivity index (χ0v) is 11.1. The van der Waals surface area contributed by atoms with Crippen molar-refractivity contribution in [3.8, 4) is 5.75 Å². The van der Waals surface area contributed by atoms with Crippen molar-refractivity contribution in [1.29, 1.82) is 0 Å². The van der Waals surface area contributed by atoms with Crippen molar-refractivity contribution < 1.29 is 28.6 Å². The summed E-state index contributed by atoms with van der Waals surface area (Å²) in [5.41, 5.74) is 0.619. The second-order valence-electron chi connectivity index (χ2n) is 5.02. The summed E-state index contributed by atoms with van der Waals surface area (Å²) < 4.78 is 23.8. The number of aliphatic carboxylic acids is 1. The zero-order chi connectivity index (χ0) is 15.0. The lowest BCUT2D eigenvalue weighted by Gasteiger charge is -2.34. The van der Waals surface area contributed by atoms with Gasteiger partial charge in [-0.1, -0.05) is 0 Å². The molecule has 1 aromatic rings. The van der Waals surface area contributed by atoms with Gasteiger partial charge in [-0.25, -0.2) is 9.18 Å². The van der Waals surface area contributed by atoms with Crippen LogP contribution in [0.15, 0.2) is 18.2 Å². The lowest BCUT2D eigenvalue weighted by molar-refractivity contribution is -0.161. The summed E-state index contributed by atoms with van der Waals surface area (Å²) in [6, 6.07) is 3.07. The Morgan fingerprint density at radius 3 is 2.95 bits per heavy atom. The predicted molar refractivity (Wildman–Crippen MR) is 68.5 cm³/mol. The molecule has 0 bridgehead atoms. The van der Waals surface area contributed by atoms with Gasteiger partial charge in [-0.3, -0.25) is 4.79 Å². The lowest BCUT2D eigenvalue weighted by atomic mass is 10.1. The molecule has 7 heteroatoms. The molecule has 2 atom stereocenters. The van der Waals surface area contributed by atoms with Gasteiger partial charge in [0.2, 0.25) is 0 Å². The van der Waals surface area contributed by atoms with Crippen molar-refractivity contribution >= 4 is 11.9 Å². The van der Waals surface area contributed by atoms with Gasteiger partial charge in [0.05, 0.1) is 13.2 Å². The number of morpholine rings is 1. The van der Waals surface area contributed by atoms with E-state index >= 15 is 0 Å². The summed E-state index contributed by atoms with van der Waals surface area (Å²) in [4.78, 5) is 24.9. The Kier molecular flexibility index (Phi) is 3.50. The average molecular weight is 295 g/mol. The van der Waals surface area contributed by atoms with Gasteiger partial charge < -0.3 is 19.5 Å². The van der Waals surface area contributed by atoms with Gasteiger partial charge in [0.15, 0.2) is 12.1 Å². The molecule has 1 fully saturated rings. The standard InChI is InChI=1S/C14H14FNO5/c15-9-1-2-11-8(5-9)6-12(21-11)13(17)16-3-4-20-7-10(16)14(18)19/h1-2,5,10,12H,3-4,6-7H2,(H,18,19)/t10-,12+/m0/s1. The number of hydrogen-bond acceptors (Lipinski definition) is 4. The Labute approximate surface area is 120 Å². The number of rotatable bonds is 2. The van der Waals surface area contributed by atoms with Gasteiger partial charge in [-0.2, -0.15) is 0 Å². The smallest absolute Gasteiger partial charge is 0.328 e. The first-order valence-corrected chi connectivity index (χ1v) is 6.62. The third-order valence-electron chi connectivity index (χ3n) is 3.67. The molecule has 21 heavy (non-hydrogen) atoms. The van der Waals surface area contributed by atoms with E-state index in [1.54, 1.807) is 0 Å². The van der Waals surface area contributed by atoms with E-state index in [0.29, 0.717) is 17.9 Å². The van der Waals surface area contributed by atoms with E-state index in [1.165, 1.54) is 23.1 Å². The maximum Gasteiger partial charge on any atom is 0.328 e. The molecule has 1 saturated heterocycles. The number of fused-ring (bicyclic) bond motifs is 1. The molecule has 0 aliphatic carbocycles. The molecule has 0 radical (unpaired) electrons. The maximum atomic E-state index is 13.2. The monoisotopic (exact) mass is 295 g/mol. The number of carbonyl (C=O) groups excluding carboxylic acids is 1. The predicted octanol–water partition coefficient (Wildman–Crippen LogP) is 0.441. The number of nitrogens with zero attached hydrogens (tertiary/aromatic N) is 1. The summed E-state index contributed by atoms with van der Waals surface area (Å²) in [5.74, 6) is -1.43. The van der Waals surface area contributed by atoms with Crippen LogP contribution in [0.3, 0.4) is 0 Å². The number of carboxylic acids is 1. The Morgan fingerprint density at radius 2 is 2.19 bits per heavy atom. The van der Waals surface area contributed by atoms with Gasteiger partial charge in [0, 0.05) is 18.5 Å². The topological polar surface area (TPSA) is 76.1 Å². The number of hydrogen-bond donors (Lipinski definition) is 1. The molecular weight excluding hydrogens is 281 g/mol. The molecule has 0 spiro atoms. The van der Waals surface area contributed by atoms with Gasteiger partial charge in [0.25, 0.3) is 5.91 Å². The van der Waals surface area contributed by atoms with Crippen molar-refractivity contribution in [1.82, 2.24) is 4.90 Å². The van der Waals surface area contributed by atoms with Crippen molar-refractivity contribution in [3.63, 3.8) is 0 Å². The first kappa shape index (κ1) is 13.8. The van der Waals surface area contributed by atoms with Crippen LogP contribution in [0.2, 0.25) is 0 Å². The maximum absolute atomic E-state index is 13.2. The van der Waals surface area contributed by atoms with E-state index < -0.39 is 24.0 Å². The van der Waals surface area contributed by atoms with E-state index in [4.69, 9.17) is 14.6 Å².